The Morgan fingerprint density at radius 2 is 2.00 bits per heavy atom. The minimum Gasteiger partial charge on any atom is -0.491 e. The quantitative estimate of drug-likeness (QED) is 0.857. The predicted octanol–water partition coefficient (Wildman–Crippen LogP) is 1.50. The van der Waals surface area contributed by atoms with Crippen molar-refractivity contribution in [3.63, 3.8) is 0 Å². The third kappa shape index (κ3) is 4.20. The Balaban J connectivity index is 1.77. The maximum absolute atomic E-state index is 10.1. The number of aliphatic hydroxyl groups is 2. The number of β-amino-alcohol motifs (C(OH)–C–C–N with tert-alkyl or cyclic N) is 1. The summed E-state index contributed by atoms with van der Waals surface area (Å²) in [6.07, 6.45) is 0.925. The van der Waals surface area contributed by atoms with Crippen molar-refractivity contribution in [1.82, 2.24) is 4.90 Å². The van der Waals surface area contributed by atoms with Crippen LogP contribution < -0.4 is 4.74 Å². The molecule has 4 heteroatoms. The molecule has 0 amide bonds. The van der Waals surface area contributed by atoms with E-state index >= 15 is 0 Å². The van der Waals surface area contributed by atoms with Crippen LogP contribution in [0.15, 0.2) is 18.2 Å². The van der Waals surface area contributed by atoms with Crippen molar-refractivity contribution in [2.24, 2.45) is 0 Å². The van der Waals surface area contributed by atoms with Crippen molar-refractivity contribution in [3.8, 4) is 5.75 Å². The molecule has 112 valence electrons. The lowest BCUT2D eigenvalue weighted by atomic mass is 10.1. The van der Waals surface area contributed by atoms with E-state index < -0.39 is 6.10 Å². The van der Waals surface area contributed by atoms with Crippen LogP contribution in [0.5, 0.6) is 5.75 Å². The Hall–Kier alpha value is -1.10. The van der Waals surface area contributed by atoms with Gasteiger partial charge in [0.2, 0.25) is 0 Å². The first-order valence-corrected chi connectivity index (χ1v) is 7.33. The lowest BCUT2D eigenvalue weighted by Gasteiger charge is -2.30. The Bertz CT molecular complexity index is 428. The fourth-order valence-corrected chi connectivity index (χ4v) is 2.52. The highest BCUT2D eigenvalue weighted by Gasteiger charge is 2.19. The smallest absolute Gasteiger partial charge is 0.122 e. The van der Waals surface area contributed by atoms with Gasteiger partial charge in [-0.05, 0) is 43.9 Å². The number of likely N-dealkylation sites (tertiary alicyclic amines) is 1. The van der Waals surface area contributed by atoms with Gasteiger partial charge >= 0.3 is 0 Å². The molecular weight excluding hydrogens is 254 g/mol. The van der Waals surface area contributed by atoms with Gasteiger partial charge in [0, 0.05) is 19.6 Å². The van der Waals surface area contributed by atoms with Crippen LogP contribution in [-0.4, -0.2) is 53.6 Å². The van der Waals surface area contributed by atoms with Crippen molar-refractivity contribution >= 4 is 0 Å². The summed E-state index contributed by atoms with van der Waals surface area (Å²) >= 11 is 0. The van der Waals surface area contributed by atoms with Crippen molar-refractivity contribution in [3.05, 3.63) is 29.3 Å². The highest BCUT2D eigenvalue weighted by molar-refractivity contribution is 5.38. The fraction of sp³-hybridized carbons (Fsp3) is 0.625. The van der Waals surface area contributed by atoms with Crippen LogP contribution in [0.1, 0.15) is 24.0 Å². The topological polar surface area (TPSA) is 52.9 Å². The zero-order valence-electron chi connectivity index (χ0n) is 12.4. The first kappa shape index (κ1) is 15.3. The summed E-state index contributed by atoms with van der Waals surface area (Å²) in [5.74, 6) is 0.845. The Kier molecular flexibility index (Phi) is 5.40. The van der Waals surface area contributed by atoms with Crippen molar-refractivity contribution in [2.75, 3.05) is 26.2 Å². The average Bonchev–Trinajstić information content (AvgIpc) is 2.43. The van der Waals surface area contributed by atoms with Gasteiger partial charge in [0.25, 0.3) is 0 Å². The molecule has 4 nitrogen and oxygen atoms in total. The molecule has 2 N–H and O–H groups in total. The summed E-state index contributed by atoms with van der Waals surface area (Å²) in [6.45, 7) is 6.70. The van der Waals surface area contributed by atoms with Gasteiger partial charge in [0.15, 0.2) is 0 Å². The number of aryl methyl sites for hydroxylation is 1. The molecule has 20 heavy (non-hydrogen) atoms. The van der Waals surface area contributed by atoms with E-state index in [0.717, 1.165) is 37.2 Å². The molecule has 1 aromatic rings. The van der Waals surface area contributed by atoms with Crippen molar-refractivity contribution in [1.29, 1.82) is 0 Å². The SMILES string of the molecule is Cc1cccc(OCC(O)CN2CCC(O)CC2)c1C. The summed E-state index contributed by atoms with van der Waals surface area (Å²) in [4.78, 5) is 2.18. The molecule has 1 heterocycles. The molecule has 2 rings (SSSR count). The molecule has 1 unspecified atom stereocenters. The predicted molar refractivity (Wildman–Crippen MR) is 79.1 cm³/mol. The molecule has 0 spiro atoms. The lowest BCUT2D eigenvalue weighted by Crippen LogP contribution is -2.41. The number of hydrogen-bond donors (Lipinski definition) is 2. The zero-order chi connectivity index (χ0) is 14.5. The number of nitrogens with zero attached hydrogens (tertiary/aromatic N) is 1. The van der Waals surface area contributed by atoms with E-state index in [1.807, 2.05) is 19.1 Å². The van der Waals surface area contributed by atoms with Crippen LogP contribution in [0.25, 0.3) is 0 Å². The van der Waals surface area contributed by atoms with Crippen LogP contribution >= 0.6 is 0 Å². The van der Waals surface area contributed by atoms with Gasteiger partial charge in [0.1, 0.15) is 18.5 Å². The second-order valence-corrected chi connectivity index (χ2v) is 5.69. The number of aliphatic hydroxyl groups excluding tert-OH is 2. The molecule has 0 aliphatic carbocycles. The minimum absolute atomic E-state index is 0.172. The molecule has 1 saturated heterocycles. The molecule has 0 radical (unpaired) electrons. The maximum atomic E-state index is 10.1. The first-order chi connectivity index (χ1) is 9.56. The number of hydrogen-bond acceptors (Lipinski definition) is 4. The highest BCUT2D eigenvalue weighted by Crippen LogP contribution is 2.20. The summed E-state index contributed by atoms with van der Waals surface area (Å²) in [5, 5.41) is 19.5. The van der Waals surface area contributed by atoms with E-state index in [-0.39, 0.29) is 6.10 Å². The number of piperidine rings is 1. The molecular formula is C16H25NO3. The van der Waals surface area contributed by atoms with Crippen LogP contribution in [0.3, 0.4) is 0 Å². The molecule has 1 fully saturated rings. The van der Waals surface area contributed by atoms with E-state index in [9.17, 15) is 10.2 Å². The van der Waals surface area contributed by atoms with Gasteiger partial charge in [-0.25, -0.2) is 0 Å². The van der Waals surface area contributed by atoms with E-state index in [0.29, 0.717) is 13.2 Å². The highest BCUT2D eigenvalue weighted by atomic mass is 16.5. The van der Waals surface area contributed by atoms with Gasteiger partial charge in [-0.2, -0.15) is 0 Å². The minimum atomic E-state index is -0.495. The van der Waals surface area contributed by atoms with E-state index in [2.05, 4.69) is 17.9 Å². The van der Waals surface area contributed by atoms with E-state index in [1.165, 1.54) is 5.56 Å². The maximum Gasteiger partial charge on any atom is 0.122 e. The third-order valence-corrected chi connectivity index (χ3v) is 4.01. The third-order valence-electron chi connectivity index (χ3n) is 4.01. The van der Waals surface area contributed by atoms with Crippen molar-refractivity contribution < 1.29 is 14.9 Å². The molecule has 1 aromatic carbocycles. The fourth-order valence-electron chi connectivity index (χ4n) is 2.52. The number of ether oxygens (including phenoxy) is 1. The molecule has 0 aromatic heterocycles. The lowest BCUT2D eigenvalue weighted by molar-refractivity contribution is 0.0336. The largest absolute Gasteiger partial charge is 0.491 e. The standard InChI is InChI=1S/C16H25NO3/c1-12-4-3-5-16(13(12)2)20-11-15(19)10-17-8-6-14(18)7-9-17/h3-5,14-15,18-19H,6-11H2,1-2H3. The Morgan fingerprint density at radius 1 is 1.30 bits per heavy atom. The summed E-state index contributed by atoms with van der Waals surface area (Å²) in [7, 11) is 0. The second kappa shape index (κ2) is 7.07. The van der Waals surface area contributed by atoms with Gasteiger partial charge in [-0.3, -0.25) is 0 Å². The van der Waals surface area contributed by atoms with Crippen molar-refractivity contribution in [2.45, 2.75) is 38.9 Å². The second-order valence-electron chi connectivity index (χ2n) is 5.69. The summed E-state index contributed by atoms with van der Waals surface area (Å²) in [5.41, 5.74) is 2.32. The molecule has 0 saturated carbocycles. The van der Waals surface area contributed by atoms with E-state index in [1.54, 1.807) is 0 Å². The summed E-state index contributed by atoms with van der Waals surface area (Å²) in [6, 6.07) is 5.96. The first-order valence-electron chi connectivity index (χ1n) is 7.33. The van der Waals surface area contributed by atoms with Gasteiger partial charge in [-0.1, -0.05) is 12.1 Å². The number of benzene rings is 1. The van der Waals surface area contributed by atoms with Gasteiger partial charge in [0.05, 0.1) is 6.10 Å². The Labute approximate surface area is 121 Å². The van der Waals surface area contributed by atoms with Crippen LogP contribution in [0.2, 0.25) is 0 Å². The molecule has 1 aliphatic rings. The summed E-state index contributed by atoms with van der Waals surface area (Å²) < 4.78 is 5.72. The van der Waals surface area contributed by atoms with Crippen LogP contribution in [0, 0.1) is 13.8 Å². The molecule has 1 atom stereocenters. The zero-order valence-corrected chi connectivity index (χ0v) is 12.4. The molecule has 1 aliphatic heterocycles. The van der Waals surface area contributed by atoms with Crippen LogP contribution in [-0.2, 0) is 0 Å². The molecule has 0 bridgehead atoms. The van der Waals surface area contributed by atoms with E-state index in [4.69, 9.17) is 4.74 Å². The van der Waals surface area contributed by atoms with Gasteiger partial charge < -0.3 is 19.8 Å². The van der Waals surface area contributed by atoms with Crippen LogP contribution in [0.4, 0.5) is 0 Å². The Morgan fingerprint density at radius 3 is 2.70 bits per heavy atom. The monoisotopic (exact) mass is 279 g/mol. The average molecular weight is 279 g/mol. The van der Waals surface area contributed by atoms with Gasteiger partial charge in [-0.15, -0.1) is 0 Å². The normalized spacial score (nSPS) is 19.0. The number of rotatable bonds is 5.